The summed E-state index contributed by atoms with van der Waals surface area (Å²) in [5.41, 5.74) is 0.654. The number of hydrogen-bond acceptors (Lipinski definition) is 4. The van der Waals surface area contributed by atoms with Gasteiger partial charge in [0.05, 0.1) is 0 Å². The molecule has 0 unspecified atom stereocenters. The molecule has 1 aromatic rings. The maximum absolute atomic E-state index is 11.8. The Morgan fingerprint density at radius 3 is 2.76 bits per heavy atom. The zero-order chi connectivity index (χ0) is 15.1. The molecule has 21 heavy (non-hydrogen) atoms. The van der Waals surface area contributed by atoms with Crippen LogP contribution in [0.3, 0.4) is 0 Å². The van der Waals surface area contributed by atoms with Crippen molar-refractivity contribution in [2.75, 3.05) is 18.7 Å². The fraction of sp³-hybridized carbons (Fsp3) is 0.467. The maximum Gasteiger partial charge on any atom is 0.231 e. The van der Waals surface area contributed by atoms with Crippen molar-refractivity contribution in [3.8, 4) is 11.5 Å². The minimum atomic E-state index is -0.148. The van der Waals surface area contributed by atoms with Crippen molar-refractivity contribution in [2.45, 2.75) is 32.6 Å². The van der Waals surface area contributed by atoms with E-state index in [9.17, 15) is 9.59 Å². The van der Waals surface area contributed by atoms with Crippen LogP contribution < -0.4 is 20.1 Å². The minimum absolute atomic E-state index is 0.00673. The number of hydrogen-bond donors (Lipinski definition) is 2. The van der Waals surface area contributed by atoms with E-state index in [2.05, 4.69) is 10.6 Å². The molecule has 2 N–H and O–H groups in total. The number of amides is 2. The van der Waals surface area contributed by atoms with Gasteiger partial charge >= 0.3 is 0 Å². The lowest BCUT2D eigenvalue weighted by Gasteiger charge is -2.07. The molecule has 0 aromatic heterocycles. The quantitative estimate of drug-likeness (QED) is 0.806. The van der Waals surface area contributed by atoms with E-state index in [1.54, 1.807) is 18.2 Å². The van der Waals surface area contributed by atoms with E-state index in [0.717, 1.165) is 12.8 Å². The molecule has 6 nitrogen and oxygen atoms in total. The average molecular weight is 292 g/mol. The van der Waals surface area contributed by atoms with Gasteiger partial charge in [-0.15, -0.1) is 0 Å². The van der Waals surface area contributed by atoms with Crippen LogP contribution in [0.25, 0.3) is 0 Å². The highest BCUT2D eigenvalue weighted by Crippen LogP contribution is 2.34. The number of carbonyl (C=O) groups excluding carboxylic acids is 2. The zero-order valence-electron chi connectivity index (χ0n) is 12.1. The van der Waals surface area contributed by atoms with E-state index >= 15 is 0 Å². The van der Waals surface area contributed by atoms with Gasteiger partial charge in [-0.25, -0.2) is 0 Å². The van der Waals surface area contributed by atoms with Crippen LogP contribution in [0.15, 0.2) is 18.2 Å². The lowest BCUT2D eigenvalue weighted by atomic mass is 10.2. The Bertz CT molecular complexity index is 516. The van der Waals surface area contributed by atoms with Crippen molar-refractivity contribution in [1.82, 2.24) is 5.32 Å². The van der Waals surface area contributed by atoms with Gasteiger partial charge in [-0.1, -0.05) is 13.3 Å². The van der Waals surface area contributed by atoms with Crippen LogP contribution >= 0.6 is 0 Å². The third kappa shape index (κ3) is 4.66. The first-order chi connectivity index (χ1) is 10.2. The Morgan fingerprint density at radius 2 is 1.95 bits per heavy atom. The lowest BCUT2D eigenvalue weighted by molar-refractivity contribution is -0.121. The molecular formula is C15H20N2O4. The highest BCUT2D eigenvalue weighted by Gasteiger charge is 2.14. The Balaban J connectivity index is 1.71. The highest BCUT2D eigenvalue weighted by molar-refractivity contribution is 5.91. The maximum atomic E-state index is 11.8. The van der Waals surface area contributed by atoms with Crippen LogP contribution in [0.1, 0.15) is 32.6 Å². The van der Waals surface area contributed by atoms with E-state index in [-0.39, 0.29) is 25.0 Å². The normalized spacial score (nSPS) is 12.0. The summed E-state index contributed by atoms with van der Waals surface area (Å²) < 4.78 is 10.4. The van der Waals surface area contributed by atoms with Crippen molar-refractivity contribution >= 4 is 17.5 Å². The minimum Gasteiger partial charge on any atom is -0.454 e. The van der Waals surface area contributed by atoms with Crippen LogP contribution in [0.5, 0.6) is 11.5 Å². The second-order valence-corrected chi connectivity index (χ2v) is 4.82. The molecule has 1 aromatic carbocycles. The topological polar surface area (TPSA) is 76.7 Å². The molecule has 2 rings (SSSR count). The van der Waals surface area contributed by atoms with Gasteiger partial charge in [0.15, 0.2) is 11.5 Å². The molecule has 1 aliphatic rings. The molecule has 1 heterocycles. The fourth-order valence-corrected chi connectivity index (χ4v) is 1.94. The summed E-state index contributed by atoms with van der Waals surface area (Å²) in [4.78, 5) is 23.2. The molecule has 0 bridgehead atoms. The molecule has 0 atom stereocenters. The van der Waals surface area contributed by atoms with Crippen molar-refractivity contribution in [1.29, 1.82) is 0 Å². The number of nitrogens with one attached hydrogen (secondary N) is 2. The monoisotopic (exact) mass is 292 g/mol. The van der Waals surface area contributed by atoms with E-state index in [1.807, 2.05) is 6.92 Å². The Morgan fingerprint density at radius 1 is 1.14 bits per heavy atom. The van der Waals surface area contributed by atoms with Gasteiger partial charge in [0.1, 0.15) is 0 Å². The molecular weight excluding hydrogens is 272 g/mol. The second kappa shape index (κ2) is 7.52. The third-order valence-electron chi connectivity index (χ3n) is 3.09. The SMILES string of the molecule is CCCCC(=O)NCCC(=O)Nc1ccc2c(c1)OCO2. The van der Waals surface area contributed by atoms with Gasteiger partial charge in [0, 0.05) is 31.1 Å². The molecule has 0 spiro atoms. The molecule has 0 saturated heterocycles. The first kappa shape index (κ1) is 15.2. The van der Waals surface area contributed by atoms with Crippen LogP contribution in [0.2, 0.25) is 0 Å². The van der Waals surface area contributed by atoms with Gasteiger partial charge in [-0.2, -0.15) is 0 Å². The van der Waals surface area contributed by atoms with Gasteiger partial charge < -0.3 is 20.1 Å². The molecule has 0 aliphatic carbocycles. The van der Waals surface area contributed by atoms with E-state index in [0.29, 0.717) is 30.2 Å². The summed E-state index contributed by atoms with van der Waals surface area (Å²) >= 11 is 0. The summed E-state index contributed by atoms with van der Waals surface area (Å²) in [5.74, 6) is 1.15. The van der Waals surface area contributed by atoms with Crippen LogP contribution in [-0.4, -0.2) is 25.2 Å². The summed E-state index contributed by atoms with van der Waals surface area (Å²) in [5, 5.41) is 5.49. The van der Waals surface area contributed by atoms with E-state index in [4.69, 9.17) is 9.47 Å². The number of ether oxygens (including phenoxy) is 2. The van der Waals surface area contributed by atoms with Crippen molar-refractivity contribution in [2.24, 2.45) is 0 Å². The van der Waals surface area contributed by atoms with Gasteiger partial charge in [-0.3, -0.25) is 9.59 Å². The van der Waals surface area contributed by atoms with E-state index < -0.39 is 0 Å². The standard InChI is InChI=1S/C15H20N2O4/c1-2-3-4-14(18)16-8-7-15(19)17-11-5-6-12-13(9-11)21-10-20-12/h5-6,9H,2-4,7-8,10H2,1H3,(H,16,18)(H,17,19). The molecule has 6 heteroatoms. The van der Waals surface area contributed by atoms with Crippen molar-refractivity contribution < 1.29 is 19.1 Å². The summed E-state index contributed by atoms with van der Waals surface area (Å²) in [6.45, 7) is 2.58. The number of benzene rings is 1. The molecule has 0 fully saturated rings. The first-order valence-corrected chi connectivity index (χ1v) is 7.15. The third-order valence-corrected chi connectivity index (χ3v) is 3.09. The van der Waals surface area contributed by atoms with Crippen LogP contribution in [0.4, 0.5) is 5.69 Å². The summed E-state index contributed by atoms with van der Waals surface area (Å²) in [7, 11) is 0. The van der Waals surface area contributed by atoms with Gasteiger partial charge in [-0.05, 0) is 18.6 Å². The molecule has 114 valence electrons. The predicted molar refractivity (Wildman–Crippen MR) is 78.3 cm³/mol. The summed E-state index contributed by atoms with van der Waals surface area (Å²) in [6, 6.07) is 5.23. The lowest BCUT2D eigenvalue weighted by Crippen LogP contribution is -2.27. The van der Waals surface area contributed by atoms with Crippen LogP contribution in [-0.2, 0) is 9.59 Å². The predicted octanol–water partition coefficient (Wildman–Crippen LogP) is 2.05. The zero-order valence-corrected chi connectivity index (χ0v) is 12.1. The Hall–Kier alpha value is -2.24. The fourth-order valence-electron chi connectivity index (χ4n) is 1.94. The van der Waals surface area contributed by atoms with Gasteiger partial charge in [0.2, 0.25) is 18.6 Å². The number of anilines is 1. The number of unbranched alkanes of at least 4 members (excludes halogenated alkanes) is 1. The Labute approximate surface area is 123 Å². The molecule has 2 amide bonds. The van der Waals surface area contributed by atoms with E-state index in [1.165, 1.54) is 0 Å². The number of carbonyl (C=O) groups is 2. The summed E-state index contributed by atoms with van der Waals surface area (Å²) in [6.07, 6.45) is 2.61. The average Bonchev–Trinajstić information content (AvgIpc) is 2.92. The first-order valence-electron chi connectivity index (χ1n) is 7.15. The van der Waals surface area contributed by atoms with Crippen molar-refractivity contribution in [3.63, 3.8) is 0 Å². The number of fused-ring (bicyclic) bond motifs is 1. The largest absolute Gasteiger partial charge is 0.454 e. The number of rotatable bonds is 7. The highest BCUT2D eigenvalue weighted by atomic mass is 16.7. The van der Waals surface area contributed by atoms with Crippen LogP contribution in [0, 0.1) is 0 Å². The van der Waals surface area contributed by atoms with Crippen molar-refractivity contribution in [3.05, 3.63) is 18.2 Å². The van der Waals surface area contributed by atoms with Gasteiger partial charge in [0.25, 0.3) is 0 Å². The smallest absolute Gasteiger partial charge is 0.231 e. The second-order valence-electron chi connectivity index (χ2n) is 4.82. The molecule has 0 radical (unpaired) electrons. The molecule has 0 saturated carbocycles. The Kier molecular flexibility index (Phi) is 5.43. The molecule has 1 aliphatic heterocycles.